The number of nitrogens with zero attached hydrogens (tertiary/aromatic N) is 1. The van der Waals surface area contributed by atoms with Crippen LogP contribution in [0.25, 0.3) is 0 Å². The number of methoxy groups -OCH3 is 1. The average molecular weight is 392 g/mol. The number of ketones is 1. The summed E-state index contributed by atoms with van der Waals surface area (Å²) in [6.07, 6.45) is 1.37. The predicted octanol–water partition coefficient (Wildman–Crippen LogP) is 3.84. The first-order valence-corrected chi connectivity index (χ1v) is 10.2. The van der Waals surface area contributed by atoms with Gasteiger partial charge in [0.25, 0.3) is 0 Å². The summed E-state index contributed by atoms with van der Waals surface area (Å²) < 4.78 is 11.0. The maximum atomic E-state index is 13.2. The Bertz CT molecular complexity index is 873. The Balaban J connectivity index is 1.65. The minimum absolute atomic E-state index is 0.189. The summed E-state index contributed by atoms with van der Waals surface area (Å²) in [6.45, 7) is 3.84. The number of para-hydroxylation sites is 2. The van der Waals surface area contributed by atoms with Gasteiger partial charge in [-0.3, -0.25) is 9.69 Å². The standard InChI is InChI=1S/C24H28N2O3/c1-28-24-10-6-5-9-21(24)25-22-15-19(18-7-3-2-4-8-18)16-23(27)20(22)17-26-11-13-29-14-12-26/h2-10,19,25H,11-17H2,1H3. The van der Waals surface area contributed by atoms with E-state index in [9.17, 15) is 4.79 Å². The number of allylic oxidation sites excluding steroid dienone is 1. The van der Waals surface area contributed by atoms with E-state index in [1.54, 1.807) is 7.11 Å². The van der Waals surface area contributed by atoms with E-state index < -0.39 is 0 Å². The lowest BCUT2D eigenvalue weighted by molar-refractivity contribution is -0.116. The van der Waals surface area contributed by atoms with Gasteiger partial charge in [-0.2, -0.15) is 0 Å². The Kier molecular flexibility index (Phi) is 6.27. The SMILES string of the molecule is COc1ccccc1NC1=C(CN2CCOCC2)C(=O)CC(c2ccccc2)C1. The highest BCUT2D eigenvalue weighted by atomic mass is 16.5. The number of carbonyl (C=O) groups excluding carboxylic acids is 1. The number of Topliss-reactive ketones (excluding diaryl/α,β-unsaturated/α-hetero) is 1. The lowest BCUT2D eigenvalue weighted by Crippen LogP contribution is -2.40. The van der Waals surface area contributed by atoms with Crippen molar-refractivity contribution in [3.63, 3.8) is 0 Å². The molecule has 0 spiro atoms. The molecule has 0 aromatic heterocycles. The summed E-state index contributed by atoms with van der Waals surface area (Å²) in [5, 5.41) is 3.55. The zero-order chi connectivity index (χ0) is 20.1. The van der Waals surface area contributed by atoms with Crippen molar-refractivity contribution in [3.05, 3.63) is 71.4 Å². The van der Waals surface area contributed by atoms with Crippen molar-refractivity contribution in [2.24, 2.45) is 0 Å². The third-order valence-corrected chi connectivity index (χ3v) is 5.73. The molecule has 5 nitrogen and oxygen atoms in total. The van der Waals surface area contributed by atoms with Crippen LogP contribution in [0.3, 0.4) is 0 Å². The fraction of sp³-hybridized carbons (Fsp3) is 0.375. The zero-order valence-electron chi connectivity index (χ0n) is 16.9. The van der Waals surface area contributed by atoms with Gasteiger partial charge in [0.05, 0.1) is 26.0 Å². The lowest BCUT2D eigenvalue weighted by Gasteiger charge is -2.32. The highest BCUT2D eigenvalue weighted by Crippen LogP contribution is 2.36. The van der Waals surface area contributed by atoms with Gasteiger partial charge < -0.3 is 14.8 Å². The number of hydrogen-bond donors (Lipinski definition) is 1. The Hall–Kier alpha value is -2.63. The predicted molar refractivity (Wildman–Crippen MR) is 114 cm³/mol. The van der Waals surface area contributed by atoms with Gasteiger partial charge in [-0.25, -0.2) is 0 Å². The molecule has 2 aromatic rings. The Morgan fingerprint density at radius 1 is 1.03 bits per heavy atom. The summed E-state index contributed by atoms with van der Waals surface area (Å²) in [5.41, 5.74) is 4.01. The van der Waals surface area contributed by atoms with Crippen molar-refractivity contribution in [2.75, 3.05) is 45.3 Å². The van der Waals surface area contributed by atoms with Crippen LogP contribution >= 0.6 is 0 Å². The molecule has 152 valence electrons. The third-order valence-electron chi connectivity index (χ3n) is 5.73. The minimum atomic E-state index is 0.189. The van der Waals surface area contributed by atoms with Gasteiger partial charge in [0.15, 0.2) is 5.78 Å². The molecule has 1 aliphatic heterocycles. The van der Waals surface area contributed by atoms with E-state index in [0.717, 1.165) is 55.4 Å². The van der Waals surface area contributed by atoms with Crippen LogP contribution in [0.2, 0.25) is 0 Å². The monoisotopic (exact) mass is 392 g/mol. The number of nitrogens with one attached hydrogen (secondary N) is 1. The van der Waals surface area contributed by atoms with Crippen LogP contribution in [0.1, 0.15) is 24.3 Å². The van der Waals surface area contributed by atoms with Gasteiger partial charge in [0, 0.05) is 37.3 Å². The number of anilines is 1. The van der Waals surface area contributed by atoms with E-state index in [1.807, 2.05) is 42.5 Å². The van der Waals surface area contributed by atoms with E-state index >= 15 is 0 Å². The summed E-state index contributed by atoms with van der Waals surface area (Å²) in [7, 11) is 1.67. The molecule has 1 aliphatic carbocycles. The van der Waals surface area contributed by atoms with Crippen molar-refractivity contribution in [1.82, 2.24) is 4.90 Å². The van der Waals surface area contributed by atoms with Crippen LogP contribution in [0.15, 0.2) is 65.9 Å². The third kappa shape index (κ3) is 4.69. The zero-order valence-corrected chi connectivity index (χ0v) is 16.9. The molecule has 29 heavy (non-hydrogen) atoms. The fourth-order valence-corrected chi connectivity index (χ4v) is 4.12. The molecule has 1 atom stereocenters. The Labute approximate surface area is 172 Å². The molecule has 0 radical (unpaired) electrons. The summed E-state index contributed by atoms with van der Waals surface area (Å²) in [4.78, 5) is 15.5. The number of rotatable bonds is 6. The summed E-state index contributed by atoms with van der Waals surface area (Å²) in [5.74, 6) is 1.20. The maximum absolute atomic E-state index is 13.2. The number of benzene rings is 2. The number of morpholine rings is 1. The van der Waals surface area contributed by atoms with E-state index in [4.69, 9.17) is 9.47 Å². The largest absolute Gasteiger partial charge is 0.495 e. The van der Waals surface area contributed by atoms with Crippen molar-refractivity contribution in [3.8, 4) is 5.75 Å². The molecule has 4 rings (SSSR count). The van der Waals surface area contributed by atoms with Crippen LogP contribution in [-0.2, 0) is 9.53 Å². The van der Waals surface area contributed by atoms with Crippen molar-refractivity contribution in [1.29, 1.82) is 0 Å². The highest BCUT2D eigenvalue weighted by molar-refractivity contribution is 5.98. The number of hydrogen-bond acceptors (Lipinski definition) is 5. The molecule has 1 unspecified atom stereocenters. The normalized spacial score (nSPS) is 20.6. The minimum Gasteiger partial charge on any atom is -0.495 e. The van der Waals surface area contributed by atoms with Gasteiger partial charge in [-0.05, 0) is 30.0 Å². The van der Waals surface area contributed by atoms with Gasteiger partial charge in [0.1, 0.15) is 5.75 Å². The second kappa shape index (κ2) is 9.25. The molecule has 2 aliphatic rings. The maximum Gasteiger partial charge on any atom is 0.162 e. The second-order valence-corrected chi connectivity index (χ2v) is 7.61. The Morgan fingerprint density at radius 3 is 2.52 bits per heavy atom. The highest BCUT2D eigenvalue weighted by Gasteiger charge is 2.30. The molecule has 1 heterocycles. The number of ether oxygens (including phenoxy) is 2. The lowest BCUT2D eigenvalue weighted by atomic mass is 9.81. The molecule has 0 bridgehead atoms. The molecular weight excluding hydrogens is 364 g/mol. The summed E-state index contributed by atoms with van der Waals surface area (Å²) >= 11 is 0. The molecule has 2 aromatic carbocycles. The molecule has 1 N–H and O–H groups in total. The van der Waals surface area contributed by atoms with E-state index in [0.29, 0.717) is 13.0 Å². The number of carbonyl (C=O) groups is 1. The molecule has 1 fully saturated rings. The topological polar surface area (TPSA) is 50.8 Å². The van der Waals surface area contributed by atoms with Gasteiger partial charge in [-0.1, -0.05) is 42.5 Å². The smallest absolute Gasteiger partial charge is 0.162 e. The Morgan fingerprint density at radius 2 is 1.76 bits per heavy atom. The van der Waals surface area contributed by atoms with Gasteiger partial charge in [-0.15, -0.1) is 0 Å². The van der Waals surface area contributed by atoms with E-state index in [2.05, 4.69) is 22.3 Å². The molecular formula is C24H28N2O3. The fourth-order valence-electron chi connectivity index (χ4n) is 4.12. The van der Waals surface area contributed by atoms with Crippen LogP contribution in [0.4, 0.5) is 5.69 Å². The van der Waals surface area contributed by atoms with Crippen LogP contribution in [-0.4, -0.2) is 50.6 Å². The molecule has 5 heteroatoms. The molecule has 0 saturated carbocycles. The first-order valence-electron chi connectivity index (χ1n) is 10.2. The van der Waals surface area contributed by atoms with Crippen molar-refractivity contribution >= 4 is 11.5 Å². The quantitative estimate of drug-likeness (QED) is 0.810. The van der Waals surface area contributed by atoms with Gasteiger partial charge in [0.2, 0.25) is 0 Å². The van der Waals surface area contributed by atoms with Crippen molar-refractivity contribution < 1.29 is 14.3 Å². The van der Waals surface area contributed by atoms with Crippen LogP contribution < -0.4 is 10.1 Å². The first-order chi connectivity index (χ1) is 14.2. The van der Waals surface area contributed by atoms with Gasteiger partial charge >= 0.3 is 0 Å². The average Bonchev–Trinajstić information content (AvgIpc) is 2.77. The van der Waals surface area contributed by atoms with Crippen molar-refractivity contribution in [2.45, 2.75) is 18.8 Å². The van der Waals surface area contributed by atoms with E-state index in [1.165, 1.54) is 5.56 Å². The first kappa shape index (κ1) is 19.7. The van der Waals surface area contributed by atoms with E-state index in [-0.39, 0.29) is 11.7 Å². The molecule has 0 amide bonds. The molecule has 1 saturated heterocycles. The second-order valence-electron chi connectivity index (χ2n) is 7.61. The summed E-state index contributed by atoms with van der Waals surface area (Å²) in [6, 6.07) is 18.2. The van der Waals surface area contributed by atoms with Crippen LogP contribution in [0, 0.1) is 0 Å². The van der Waals surface area contributed by atoms with Crippen LogP contribution in [0.5, 0.6) is 5.75 Å².